The number of amidine groups is 1. The van der Waals surface area contributed by atoms with Gasteiger partial charge < -0.3 is 0 Å². The molecular weight excluding hydrogens is 241 g/mol. The summed E-state index contributed by atoms with van der Waals surface area (Å²) in [6, 6.07) is 8.09. The normalized spacial score (nSPS) is 13.0. The van der Waals surface area contributed by atoms with Crippen LogP contribution in [0.4, 0.5) is 0 Å². The zero-order valence-electron chi connectivity index (χ0n) is 8.19. The van der Waals surface area contributed by atoms with E-state index in [-0.39, 0.29) is 0 Å². The Morgan fingerprint density at radius 1 is 1.36 bits per heavy atom. The van der Waals surface area contributed by atoms with E-state index in [1.807, 2.05) is 32.0 Å². The Morgan fingerprint density at radius 3 is 2.64 bits per heavy atom. The molecule has 1 aromatic carbocycles. The molecule has 1 aromatic rings. The molecule has 2 N–H and O–H groups in total. The van der Waals surface area contributed by atoms with Crippen LogP contribution in [0.25, 0.3) is 0 Å². The van der Waals surface area contributed by atoms with Crippen molar-refractivity contribution < 1.29 is 0 Å². The molecule has 0 aliphatic heterocycles. The van der Waals surface area contributed by atoms with Crippen molar-refractivity contribution in [1.82, 2.24) is 0 Å². The maximum atomic E-state index is 5.34. The van der Waals surface area contributed by atoms with Gasteiger partial charge in [0.05, 0.1) is 0 Å². The second kappa shape index (κ2) is 4.94. The molecule has 1 radical (unpaired) electrons. The fourth-order valence-electron chi connectivity index (χ4n) is 1.05. The Labute approximate surface area is 91.9 Å². The summed E-state index contributed by atoms with van der Waals surface area (Å²) in [6.45, 7) is 3.95. The molecule has 0 saturated heterocycles. The van der Waals surface area contributed by atoms with Gasteiger partial charge in [0.25, 0.3) is 0 Å². The van der Waals surface area contributed by atoms with Gasteiger partial charge in [-0.15, -0.1) is 0 Å². The first-order chi connectivity index (χ1) is 6.59. The molecule has 4 heteroatoms. The summed E-state index contributed by atoms with van der Waals surface area (Å²) < 4.78 is 0.344. The Kier molecular flexibility index (Phi) is 3.86. The second-order valence-corrected chi connectivity index (χ2v) is 3.87. The van der Waals surface area contributed by atoms with Gasteiger partial charge in [-0.25, -0.2) is 0 Å². The summed E-state index contributed by atoms with van der Waals surface area (Å²) in [5.74, 6) is 0. The van der Waals surface area contributed by atoms with Gasteiger partial charge in [-0.05, 0) is 0 Å². The number of benzene rings is 1. The molecule has 3 nitrogen and oxygen atoms in total. The van der Waals surface area contributed by atoms with Gasteiger partial charge in [0.2, 0.25) is 0 Å². The molecule has 14 heavy (non-hydrogen) atoms. The van der Waals surface area contributed by atoms with E-state index in [0.717, 1.165) is 11.3 Å². The standard InChI is InChI=1S/C10H12N3Se/c1-7-4-3-5-9(6-7)8(2)12-13-10(11)14/h3-6H,1-2H3,(H2,11,13)/b12-8+. The second-order valence-electron chi connectivity index (χ2n) is 2.99. The van der Waals surface area contributed by atoms with Crippen LogP contribution in [0.5, 0.6) is 0 Å². The number of nitrogens with zero attached hydrogens (tertiary/aromatic N) is 2. The predicted octanol–water partition coefficient (Wildman–Crippen LogP) is 1.20. The third-order valence-electron chi connectivity index (χ3n) is 1.73. The molecule has 0 aliphatic rings. The SMILES string of the molecule is C/C(=N\N=C(N)[Se])c1cccc(C)c1. The van der Waals surface area contributed by atoms with Crippen LogP contribution in [0.2, 0.25) is 0 Å². The van der Waals surface area contributed by atoms with Gasteiger partial charge in [-0.2, -0.15) is 0 Å². The molecule has 0 fully saturated rings. The van der Waals surface area contributed by atoms with Crippen molar-refractivity contribution in [2.24, 2.45) is 15.9 Å². The number of hydrogen-bond donors (Lipinski definition) is 1. The number of aryl methyl sites for hydroxylation is 1. The van der Waals surface area contributed by atoms with Gasteiger partial charge in [-0.1, -0.05) is 0 Å². The van der Waals surface area contributed by atoms with Crippen molar-refractivity contribution in [3.63, 3.8) is 0 Å². The summed E-state index contributed by atoms with van der Waals surface area (Å²) in [5, 5.41) is 7.74. The summed E-state index contributed by atoms with van der Waals surface area (Å²) in [6.07, 6.45) is 0. The molecule has 0 amide bonds. The molecule has 0 spiro atoms. The van der Waals surface area contributed by atoms with Gasteiger partial charge in [0, 0.05) is 0 Å². The Morgan fingerprint density at radius 2 is 2.07 bits per heavy atom. The zero-order valence-corrected chi connectivity index (χ0v) is 9.90. The maximum absolute atomic E-state index is 5.34. The van der Waals surface area contributed by atoms with Gasteiger partial charge in [-0.3, -0.25) is 0 Å². The van der Waals surface area contributed by atoms with E-state index >= 15 is 0 Å². The first-order valence-electron chi connectivity index (χ1n) is 4.21. The van der Waals surface area contributed by atoms with Crippen LogP contribution in [0.1, 0.15) is 18.1 Å². The van der Waals surface area contributed by atoms with E-state index in [4.69, 9.17) is 5.73 Å². The van der Waals surface area contributed by atoms with Gasteiger partial charge in [0.15, 0.2) is 0 Å². The molecule has 0 aromatic heterocycles. The topological polar surface area (TPSA) is 50.7 Å². The Hall–Kier alpha value is -1.12. The average Bonchev–Trinajstić information content (AvgIpc) is 2.14. The summed E-state index contributed by atoms with van der Waals surface area (Å²) in [7, 11) is 0. The van der Waals surface area contributed by atoms with Crippen LogP contribution in [0.15, 0.2) is 34.5 Å². The summed E-state index contributed by atoms with van der Waals surface area (Å²) in [5.41, 5.74) is 8.46. The van der Waals surface area contributed by atoms with Crippen LogP contribution in [0.3, 0.4) is 0 Å². The van der Waals surface area contributed by atoms with E-state index in [0.29, 0.717) is 4.73 Å². The predicted molar refractivity (Wildman–Crippen MR) is 60.8 cm³/mol. The van der Waals surface area contributed by atoms with Crippen LogP contribution in [0, 0.1) is 6.92 Å². The van der Waals surface area contributed by atoms with Crippen LogP contribution < -0.4 is 5.73 Å². The van der Waals surface area contributed by atoms with Gasteiger partial charge >= 0.3 is 91.6 Å². The molecule has 0 aliphatic carbocycles. The third-order valence-corrected chi connectivity index (χ3v) is 1.91. The quantitative estimate of drug-likeness (QED) is 0.366. The summed E-state index contributed by atoms with van der Waals surface area (Å²) in [4.78, 5) is 0. The van der Waals surface area contributed by atoms with E-state index in [1.165, 1.54) is 5.56 Å². The van der Waals surface area contributed by atoms with Crippen molar-refractivity contribution in [2.45, 2.75) is 13.8 Å². The minimum absolute atomic E-state index is 0.344. The first kappa shape index (κ1) is 11.0. The van der Waals surface area contributed by atoms with Crippen LogP contribution >= 0.6 is 0 Å². The van der Waals surface area contributed by atoms with Crippen molar-refractivity contribution >= 4 is 26.5 Å². The molecule has 1 rings (SSSR count). The van der Waals surface area contributed by atoms with E-state index in [9.17, 15) is 0 Å². The molecule has 0 heterocycles. The van der Waals surface area contributed by atoms with E-state index in [2.05, 4.69) is 32.3 Å². The van der Waals surface area contributed by atoms with Crippen molar-refractivity contribution in [1.29, 1.82) is 0 Å². The minimum atomic E-state index is 0.344. The van der Waals surface area contributed by atoms with Crippen molar-refractivity contribution in [3.05, 3.63) is 35.4 Å². The number of hydrogen-bond acceptors (Lipinski definition) is 2. The zero-order chi connectivity index (χ0) is 10.6. The molecule has 0 bridgehead atoms. The van der Waals surface area contributed by atoms with Crippen molar-refractivity contribution in [3.8, 4) is 0 Å². The molecular formula is C10H12N3Se. The Bertz CT molecular complexity index is 379. The summed E-state index contributed by atoms with van der Waals surface area (Å²) >= 11 is 2.58. The fourth-order valence-corrected chi connectivity index (χ4v) is 1.14. The molecule has 73 valence electrons. The van der Waals surface area contributed by atoms with E-state index in [1.54, 1.807) is 0 Å². The van der Waals surface area contributed by atoms with Gasteiger partial charge in [0.1, 0.15) is 0 Å². The first-order valence-corrected chi connectivity index (χ1v) is 5.07. The molecule has 0 atom stereocenters. The molecule has 0 unspecified atom stereocenters. The third kappa shape index (κ3) is 3.32. The monoisotopic (exact) mass is 254 g/mol. The van der Waals surface area contributed by atoms with Crippen LogP contribution in [-0.2, 0) is 0 Å². The number of nitrogens with two attached hydrogens (primary N) is 1. The van der Waals surface area contributed by atoms with Crippen molar-refractivity contribution in [2.75, 3.05) is 0 Å². The Balaban J connectivity index is 2.95. The molecule has 0 saturated carbocycles. The van der Waals surface area contributed by atoms with E-state index < -0.39 is 0 Å². The number of rotatable bonds is 2. The fraction of sp³-hybridized carbons (Fsp3) is 0.200. The average molecular weight is 253 g/mol. The van der Waals surface area contributed by atoms with Crippen LogP contribution in [-0.4, -0.2) is 26.5 Å².